The maximum absolute atomic E-state index is 11.6. The van der Waals surface area contributed by atoms with E-state index >= 15 is 0 Å². The third kappa shape index (κ3) is 3.27. The number of rotatable bonds is 3. The van der Waals surface area contributed by atoms with Crippen LogP contribution >= 0.6 is 15.9 Å². The van der Waals surface area contributed by atoms with Gasteiger partial charge in [0, 0.05) is 10.2 Å². The zero-order valence-corrected chi connectivity index (χ0v) is 11.2. The quantitative estimate of drug-likeness (QED) is 0.674. The van der Waals surface area contributed by atoms with Crippen LogP contribution in [0.3, 0.4) is 0 Å². The molecule has 1 amide bonds. The number of aryl methyl sites for hydroxylation is 1. The van der Waals surface area contributed by atoms with E-state index in [-0.39, 0.29) is 5.91 Å². The van der Waals surface area contributed by atoms with Crippen molar-refractivity contribution in [2.45, 2.75) is 6.92 Å². The summed E-state index contributed by atoms with van der Waals surface area (Å²) in [5.74, 6) is -0.342. The van der Waals surface area contributed by atoms with Gasteiger partial charge in [-0.3, -0.25) is 9.89 Å². The Bertz CT molecular complexity index is 591. The highest BCUT2D eigenvalue weighted by Crippen LogP contribution is 2.09. The van der Waals surface area contributed by atoms with E-state index in [0.29, 0.717) is 5.69 Å². The number of carbonyl (C=O) groups is 1. The smallest absolute Gasteiger partial charge is 0.282 e. The summed E-state index contributed by atoms with van der Waals surface area (Å²) in [7, 11) is 0. The fourth-order valence-electron chi connectivity index (χ4n) is 1.34. The lowest BCUT2D eigenvalue weighted by Gasteiger charge is -1.96. The number of hydrogen-bond acceptors (Lipinski definition) is 3. The number of H-pyrrole nitrogens is 1. The van der Waals surface area contributed by atoms with Gasteiger partial charge in [-0.15, -0.1) is 0 Å². The second-order valence-corrected chi connectivity index (χ2v) is 4.61. The summed E-state index contributed by atoms with van der Waals surface area (Å²) >= 11 is 3.36. The summed E-state index contributed by atoms with van der Waals surface area (Å²) < 4.78 is 0.959. The maximum Gasteiger partial charge on any atom is 0.291 e. The molecule has 92 valence electrons. The van der Waals surface area contributed by atoms with Gasteiger partial charge in [0.1, 0.15) is 0 Å². The summed E-state index contributed by atoms with van der Waals surface area (Å²) in [6, 6.07) is 9.25. The molecule has 0 unspecified atom stereocenters. The molecule has 0 radical (unpaired) electrons. The van der Waals surface area contributed by atoms with Crippen LogP contribution in [0.15, 0.2) is 39.9 Å². The van der Waals surface area contributed by atoms with E-state index in [4.69, 9.17) is 0 Å². The summed E-state index contributed by atoms with van der Waals surface area (Å²) in [6.45, 7) is 1.83. The SMILES string of the molecule is Cc1cc(C(=O)NN=Cc2cccc(Br)c2)n[nH]1. The second-order valence-electron chi connectivity index (χ2n) is 3.69. The molecular formula is C12H11BrN4O. The fourth-order valence-corrected chi connectivity index (χ4v) is 1.76. The number of aromatic amines is 1. The molecular weight excluding hydrogens is 296 g/mol. The monoisotopic (exact) mass is 306 g/mol. The predicted octanol–water partition coefficient (Wildman–Crippen LogP) is 2.24. The predicted molar refractivity (Wildman–Crippen MR) is 72.5 cm³/mol. The Morgan fingerprint density at radius 2 is 2.33 bits per heavy atom. The highest BCUT2D eigenvalue weighted by Gasteiger charge is 2.07. The van der Waals surface area contributed by atoms with Crippen molar-refractivity contribution in [3.63, 3.8) is 0 Å². The molecule has 1 aromatic heterocycles. The van der Waals surface area contributed by atoms with Crippen molar-refractivity contribution in [1.82, 2.24) is 15.6 Å². The van der Waals surface area contributed by atoms with E-state index in [9.17, 15) is 4.79 Å². The molecule has 2 aromatic rings. The molecule has 0 atom stereocenters. The number of hydrazone groups is 1. The van der Waals surface area contributed by atoms with E-state index in [1.807, 2.05) is 31.2 Å². The number of nitrogens with zero attached hydrogens (tertiary/aromatic N) is 2. The van der Waals surface area contributed by atoms with E-state index < -0.39 is 0 Å². The van der Waals surface area contributed by atoms with Gasteiger partial charge in [0.2, 0.25) is 0 Å². The van der Waals surface area contributed by atoms with Crippen LogP contribution in [-0.4, -0.2) is 22.3 Å². The third-order valence-electron chi connectivity index (χ3n) is 2.17. The van der Waals surface area contributed by atoms with Gasteiger partial charge in [-0.05, 0) is 30.7 Å². The molecule has 0 aliphatic rings. The van der Waals surface area contributed by atoms with E-state index in [1.165, 1.54) is 0 Å². The summed E-state index contributed by atoms with van der Waals surface area (Å²) in [6.07, 6.45) is 1.57. The van der Waals surface area contributed by atoms with Gasteiger partial charge in [-0.1, -0.05) is 28.1 Å². The molecule has 0 saturated carbocycles. The first-order chi connectivity index (χ1) is 8.65. The Morgan fingerprint density at radius 1 is 1.50 bits per heavy atom. The van der Waals surface area contributed by atoms with Gasteiger partial charge < -0.3 is 0 Å². The average molecular weight is 307 g/mol. The summed E-state index contributed by atoms with van der Waals surface area (Å²) in [5.41, 5.74) is 4.45. The minimum Gasteiger partial charge on any atom is -0.282 e. The molecule has 2 rings (SSSR count). The van der Waals surface area contributed by atoms with Crippen molar-refractivity contribution in [2.24, 2.45) is 5.10 Å². The molecule has 2 N–H and O–H groups in total. The van der Waals surface area contributed by atoms with Gasteiger partial charge in [-0.25, -0.2) is 5.43 Å². The average Bonchev–Trinajstić information content (AvgIpc) is 2.76. The number of halogens is 1. The Morgan fingerprint density at radius 3 is 3.00 bits per heavy atom. The molecule has 18 heavy (non-hydrogen) atoms. The van der Waals surface area contributed by atoms with Gasteiger partial charge in [0.25, 0.3) is 5.91 Å². The van der Waals surface area contributed by atoms with Crippen LogP contribution in [0, 0.1) is 6.92 Å². The maximum atomic E-state index is 11.6. The van der Waals surface area contributed by atoms with Crippen LogP contribution in [0.1, 0.15) is 21.7 Å². The lowest BCUT2D eigenvalue weighted by molar-refractivity contribution is 0.0950. The molecule has 0 aliphatic heterocycles. The number of hydrogen-bond donors (Lipinski definition) is 2. The van der Waals surface area contributed by atoms with Gasteiger partial charge in [0.15, 0.2) is 5.69 Å². The molecule has 6 heteroatoms. The number of nitrogens with one attached hydrogen (secondary N) is 2. The highest BCUT2D eigenvalue weighted by atomic mass is 79.9. The molecule has 1 aromatic carbocycles. The van der Waals surface area contributed by atoms with Crippen molar-refractivity contribution < 1.29 is 4.79 Å². The van der Waals surface area contributed by atoms with Crippen LogP contribution in [0.5, 0.6) is 0 Å². The number of benzene rings is 1. The Hall–Kier alpha value is -1.95. The molecule has 0 bridgehead atoms. The number of aromatic nitrogens is 2. The topological polar surface area (TPSA) is 70.1 Å². The minimum atomic E-state index is -0.342. The number of carbonyl (C=O) groups excluding carboxylic acids is 1. The van der Waals surface area contributed by atoms with E-state index in [2.05, 4.69) is 36.7 Å². The fraction of sp³-hybridized carbons (Fsp3) is 0.0833. The zero-order valence-electron chi connectivity index (χ0n) is 9.64. The first-order valence-corrected chi connectivity index (χ1v) is 6.05. The number of amides is 1. The Balaban J connectivity index is 1.97. The lowest BCUT2D eigenvalue weighted by atomic mass is 10.2. The Kier molecular flexibility index (Phi) is 3.88. The standard InChI is InChI=1S/C12H11BrN4O/c1-8-5-11(16-15-8)12(18)17-14-7-9-3-2-4-10(13)6-9/h2-7H,1H3,(H,15,16)(H,17,18). The minimum absolute atomic E-state index is 0.318. The van der Waals surface area contributed by atoms with Crippen molar-refractivity contribution in [2.75, 3.05) is 0 Å². The van der Waals surface area contributed by atoms with Crippen molar-refractivity contribution in [3.05, 3.63) is 51.8 Å². The van der Waals surface area contributed by atoms with Crippen LogP contribution in [0.4, 0.5) is 0 Å². The van der Waals surface area contributed by atoms with Gasteiger partial charge >= 0.3 is 0 Å². The van der Waals surface area contributed by atoms with E-state index in [1.54, 1.807) is 12.3 Å². The van der Waals surface area contributed by atoms with Gasteiger partial charge in [0.05, 0.1) is 6.21 Å². The lowest BCUT2D eigenvalue weighted by Crippen LogP contribution is -2.17. The first-order valence-electron chi connectivity index (χ1n) is 5.26. The first kappa shape index (κ1) is 12.5. The van der Waals surface area contributed by atoms with Crippen molar-refractivity contribution in [3.8, 4) is 0 Å². The summed E-state index contributed by atoms with van der Waals surface area (Å²) in [4.78, 5) is 11.6. The van der Waals surface area contributed by atoms with Crippen molar-refractivity contribution in [1.29, 1.82) is 0 Å². The molecule has 0 saturated heterocycles. The molecule has 5 nitrogen and oxygen atoms in total. The molecule has 1 heterocycles. The van der Waals surface area contributed by atoms with Crippen molar-refractivity contribution >= 4 is 28.1 Å². The van der Waals surface area contributed by atoms with Crippen LogP contribution in [0.2, 0.25) is 0 Å². The third-order valence-corrected chi connectivity index (χ3v) is 2.66. The molecule has 0 fully saturated rings. The van der Waals surface area contributed by atoms with Crippen LogP contribution in [-0.2, 0) is 0 Å². The van der Waals surface area contributed by atoms with Crippen LogP contribution in [0.25, 0.3) is 0 Å². The van der Waals surface area contributed by atoms with Gasteiger partial charge in [-0.2, -0.15) is 10.2 Å². The second kappa shape index (κ2) is 5.59. The highest BCUT2D eigenvalue weighted by molar-refractivity contribution is 9.10. The zero-order chi connectivity index (χ0) is 13.0. The Labute approximate surface area is 112 Å². The molecule has 0 spiro atoms. The van der Waals surface area contributed by atoms with E-state index in [0.717, 1.165) is 15.7 Å². The van der Waals surface area contributed by atoms with Crippen LogP contribution < -0.4 is 5.43 Å². The summed E-state index contributed by atoms with van der Waals surface area (Å²) in [5, 5.41) is 10.4. The normalized spacial score (nSPS) is 10.8. The largest absolute Gasteiger partial charge is 0.291 e. The molecule has 0 aliphatic carbocycles.